The molecule has 2 rings (SSSR count). The lowest BCUT2D eigenvalue weighted by atomic mass is 9.87. The van der Waals surface area contributed by atoms with E-state index in [9.17, 15) is 15.0 Å². The van der Waals surface area contributed by atoms with Gasteiger partial charge in [0, 0.05) is 12.0 Å². The van der Waals surface area contributed by atoms with E-state index in [1.807, 2.05) is 24.3 Å². The zero-order valence-corrected chi connectivity index (χ0v) is 14.8. The van der Waals surface area contributed by atoms with Crippen LogP contribution in [0.4, 0.5) is 0 Å². The Labute approximate surface area is 148 Å². The summed E-state index contributed by atoms with van der Waals surface area (Å²) in [5.74, 6) is 0.585. The minimum Gasteiger partial charge on any atom is -0.508 e. The van der Waals surface area contributed by atoms with Gasteiger partial charge in [-0.15, -0.1) is 0 Å². The highest BCUT2D eigenvalue weighted by Crippen LogP contribution is 2.24. The van der Waals surface area contributed by atoms with Crippen molar-refractivity contribution in [1.29, 1.82) is 0 Å². The van der Waals surface area contributed by atoms with Gasteiger partial charge in [0.25, 0.3) is 0 Å². The molecule has 2 aromatic rings. The summed E-state index contributed by atoms with van der Waals surface area (Å²) in [6.07, 6.45) is 2.04. The number of carbonyl (C=O) groups is 1. The van der Waals surface area contributed by atoms with Crippen molar-refractivity contribution in [2.75, 3.05) is 0 Å². The lowest BCUT2D eigenvalue weighted by Crippen LogP contribution is -2.13. The number of ketones is 1. The molecule has 0 aliphatic rings. The van der Waals surface area contributed by atoms with Crippen molar-refractivity contribution in [2.24, 2.45) is 0 Å². The molecule has 0 saturated heterocycles. The predicted octanol–water partition coefficient (Wildman–Crippen LogP) is 4.22. The Kier molecular flexibility index (Phi) is 5.99. The molecular formula is C21H24O4. The normalized spacial score (nSPS) is 13.0. The lowest BCUT2D eigenvalue weighted by Gasteiger charge is -2.19. The molecule has 0 aromatic heterocycles. The van der Waals surface area contributed by atoms with Crippen LogP contribution >= 0.6 is 0 Å². The van der Waals surface area contributed by atoms with Crippen molar-refractivity contribution in [2.45, 2.75) is 38.9 Å². The fourth-order valence-electron chi connectivity index (χ4n) is 2.27. The molecule has 25 heavy (non-hydrogen) atoms. The Morgan fingerprint density at radius 1 is 1.08 bits per heavy atom. The van der Waals surface area contributed by atoms with E-state index in [2.05, 4.69) is 20.8 Å². The number of hydrogen-bond donors (Lipinski definition) is 2. The second kappa shape index (κ2) is 7.99. The third-order valence-electron chi connectivity index (χ3n) is 3.77. The fraction of sp³-hybridized carbons (Fsp3) is 0.286. The summed E-state index contributed by atoms with van der Waals surface area (Å²) in [5, 5.41) is 19.1. The highest BCUT2D eigenvalue weighted by atomic mass is 16.6. The molecule has 1 unspecified atom stereocenters. The molecule has 2 aromatic carbocycles. The molecule has 2 N–H and O–H groups in total. The van der Waals surface area contributed by atoms with Crippen LogP contribution in [0.25, 0.3) is 0 Å². The van der Waals surface area contributed by atoms with E-state index in [0.717, 1.165) is 0 Å². The summed E-state index contributed by atoms with van der Waals surface area (Å²) < 4.78 is 5.41. The van der Waals surface area contributed by atoms with Crippen molar-refractivity contribution in [3.05, 3.63) is 71.8 Å². The van der Waals surface area contributed by atoms with Gasteiger partial charge < -0.3 is 14.9 Å². The molecule has 0 saturated carbocycles. The molecule has 0 aliphatic heterocycles. The lowest BCUT2D eigenvalue weighted by molar-refractivity contribution is 0.0246. The number of rotatable bonds is 6. The third-order valence-corrected chi connectivity index (χ3v) is 3.77. The minimum atomic E-state index is -1.12. The molecule has 0 heterocycles. The van der Waals surface area contributed by atoms with Gasteiger partial charge in [0.05, 0.1) is 0 Å². The van der Waals surface area contributed by atoms with Gasteiger partial charge in [0.1, 0.15) is 11.5 Å². The molecule has 1 atom stereocenters. The van der Waals surface area contributed by atoms with Gasteiger partial charge >= 0.3 is 0 Å². The van der Waals surface area contributed by atoms with Gasteiger partial charge in [-0.2, -0.15) is 0 Å². The maximum atomic E-state index is 12.0. The first-order valence-electron chi connectivity index (χ1n) is 8.20. The van der Waals surface area contributed by atoms with Gasteiger partial charge in [-0.25, -0.2) is 0 Å². The van der Waals surface area contributed by atoms with Crippen molar-refractivity contribution in [1.82, 2.24) is 0 Å². The van der Waals surface area contributed by atoms with E-state index in [-0.39, 0.29) is 23.4 Å². The summed E-state index contributed by atoms with van der Waals surface area (Å²) in [7, 11) is 0. The van der Waals surface area contributed by atoms with Gasteiger partial charge in [0.15, 0.2) is 5.78 Å². The predicted molar refractivity (Wildman–Crippen MR) is 98.0 cm³/mol. The molecule has 0 spiro atoms. The van der Waals surface area contributed by atoms with Crippen LogP contribution in [0.2, 0.25) is 0 Å². The molecule has 0 radical (unpaired) electrons. The summed E-state index contributed by atoms with van der Waals surface area (Å²) in [5.41, 5.74) is 1.76. The molecule has 0 bridgehead atoms. The largest absolute Gasteiger partial charge is 0.508 e. The highest BCUT2D eigenvalue weighted by Gasteiger charge is 2.13. The maximum Gasteiger partial charge on any atom is 0.217 e. The summed E-state index contributed by atoms with van der Waals surface area (Å²) in [6.45, 7) is 6.39. The number of phenols is 1. The Balaban J connectivity index is 1.87. The van der Waals surface area contributed by atoms with Crippen molar-refractivity contribution >= 4 is 5.78 Å². The Morgan fingerprint density at radius 2 is 1.68 bits per heavy atom. The van der Waals surface area contributed by atoms with E-state index >= 15 is 0 Å². The van der Waals surface area contributed by atoms with Crippen LogP contribution in [0, 0.1) is 0 Å². The van der Waals surface area contributed by atoms with Gasteiger partial charge in [-0.05, 0) is 53.5 Å². The van der Waals surface area contributed by atoms with Crippen molar-refractivity contribution in [3.63, 3.8) is 0 Å². The number of phenolic OH excluding ortho intramolecular Hbond substituents is 1. The maximum absolute atomic E-state index is 12.0. The smallest absolute Gasteiger partial charge is 0.217 e. The Bertz CT molecular complexity index is 722. The minimum absolute atomic E-state index is 0.0611. The van der Waals surface area contributed by atoms with Gasteiger partial charge in [0.2, 0.25) is 6.29 Å². The Hall–Kier alpha value is -2.59. The number of ether oxygens (including phenoxy) is 1. The van der Waals surface area contributed by atoms with Crippen LogP contribution in [0.1, 0.15) is 43.1 Å². The van der Waals surface area contributed by atoms with Crippen LogP contribution in [-0.4, -0.2) is 22.3 Å². The molecule has 0 fully saturated rings. The number of benzene rings is 2. The number of carbonyl (C=O) groups excluding carboxylic acids is 1. The number of allylic oxidation sites excluding steroid dienone is 1. The van der Waals surface area contributed by atoms with Gasteiger partial charge in [-0.1, -0.05) is 39.0 Å². The van der Waals surface area contributed by atoms with E-state index < -0.39 is 6.29 Å². The average molecular weight is 340 g/mol. The highest BCUT2D eigenvalue weighted by molar-refractivity contribution is 5.97. The van der Waals surface area contributed by atoms with E-state index in [0.29, 0.717) is 11.3 Å². The fourth-order valence-corrected chi connectivity index (χ4v) is 2.27. The monoisotopic (exact) mass is 340 g/mol. The zero-order valence-electron chi connectivity index (χ0n) is 14.8. The first kappa shape index (κ1) is 18.7. The molecule has 4 heteroatoms. The van der Waals surface area contributed by atoms with E-state index in [1.54, 1.807) is 18.2 Å². The van der Waals surface area contributed by atoms with Crippen LogP contribution in [0.5, 0.6) is 11.5 Å². The summed E-state index contributed by atoms with van der Waals surface area (Å²) >= 11 is 0. The van der Waals surface area contributed by atoms with Crippen LogP contribution in [0.15, 0.2) is 60.7 Å². The van der Waals surface area contributed by atoms with Crippen LogP contribution < -0.4 is 4.74 Å². The average Bonchev–Trinajstić information content (AvgIpc) is 2.55. The van der Waals surface area contributed by atoms with Crippen molar-refractivity contribution < 1.29 is 19.7 Å². The SMILES string of the molecule is CC(C)(C)c1ccc(OC(O)C=CCC(=O)c2ccc(O)cc2)cc1. The third kappa shape index (κ3) is 5.76. The number of hydrogen-bond acceptors (Lipinski definition) is 4. The molecule has 0 aliphatic carbocycles. The quantitative estimate of drug-likeness (QED) is 0.469. The van der Waals surface area contributed by atoms with E-state index in [1.165, 1.54) is 23.8 Å². The Morgan fingerprint density at radius 3 is 2.24 bits per heavy atom. The second-order valence-corrected chi connectivity index (χ2v) is 6.89. The zero-order chi connectivity index (χ0) is 18.4. The number of Topliss-reactive ketones (excluding diaryl/α,β-unsaturated/α-hetero) is 1. The van der Waals surface area contributed by atoms with E-state index in [4.69, 9.17) is 4.74 Å². The van der Waals surface area contributed by atoms with Gasteiger partial charge in [-0.3, -0.25) is 4.79 Å². The molecule has 4 nitrogen and oxygen atoms in total. The number of aromatic hydroxyl groups is 1. The number of aliphatic hydroxyl groups is 1. The molecular weight excluding hydrogens is 316 g/mol. The topological polar surface area (TPSA) is 66.8 Å². The molecule has 0 amide bonds. The second-order valence-electron chi connectivity index (χ2n) is 6.89. The first-order valence-corrected chi connectivity index (χ1v) is 8.20. The van der Waals surface area contributed by atoms with Crippen LogP contribution in [0.3, 0.4) is 0 Å². The molecule has 132 valence electrons. The summed E-state index contributed by atoms with van der Waals surface area (Å²) in [6, 6.07) is 13.6. The standard InChI is InChI=1S/C21H24O4/c1-21(2,3)16-9-13-18(14-10-16)25-20(24)6-4-5-19(23)15-7-11-17(22)12-8-15/h4,6-14,20,22,24H,5H2,1-3H3. The first-order chi connectivity index (χ1) is 11.8. The summed E-state index contributed by atoms with van der Waals surface area (Å²) in [4.78, 5) is 12.0. The number of aliphatic hydroxyl groups excluding tert-OH is 1. The van der Waals surface area contributed by atoms with Crippen molar-refractivity contribution in [3.8, 4) is 11.5 Å². The van der Waals surface area contributed by atoms with Crippen LogP contribution in [-0.2, 0) is 5.41 Å².